The van der Waals surface area contributed by atoms with Crippen LogP contribution in [0, 0.1) is 11.3 Å². The molecule has 0 saturated heterocycles. The fraction of sp³-hybridized carbons (Fsp3) is 0.304. The summed E-state index contributed by atoms with van der Waals surface area (Å²) in [6.45, 7) is 6.09. The lowest BCUT2D eigenvalue weighted by atomic mass is 10.2. The molecule has 0 aliphatic rings. The van der Waals surface area contributed by atoms with E-state index in [-0.39, 0.29) is 5.91 Å². The van der Waals surface area contributed by atoms with Crippen molar-refractivity contribution in [1.29, 1.82) is 5.26 Å². The second kappa shape index (κ2) is 11.4. The molecule has 2 aromatic rings. The van der Waals surface area contributed by atoms with Crippen molar-refractivity contribution in [3.63, 3.8) is 0 Å². The highest BCUT2D eigenvalue weighted by atomic mass is 16.6. The molecule has 0 aliphatic carbocycles. The Kier molecular flexibility index (Phi) is 8.58. The normalized spacial score (nSPS) is 11.0. The molecule has 0 aliphatic heterocycles. The van der Waals surface area contributed by atoms with E-state index < -0.39 is 24.6 Å². The molecule has 0 spiro atoms. The van der Waals surface area contributed by atoms with Gasteiger partial charge in [0.2, 0.25) is 0 Å². The van der Waals surface area contributed by atoms with Gasteiger partial charge in [0, 0.05) is 24.3 Å². The molecule has 31 heavy (non-hydrogen) atoms. The highest BCUT2D eigenvalue weighted by molar-refractivity contribution is 5.96. The van der Waals surface area contributed by atoms with Crippen molar-refractivity contribution in [1.82, 2.24) is 4.90 Å². The van der Waals surface area contributed by atoms with Crippen LogP contribution >= 0.6 is 0 Å². The summed E-state index contributed by atoms with van der Waals surface area (Å²) in [4.78, 5) is 38.1. The summed E-state index contributed by atoms with van der Waals surface area (Å²) in [6, 6.07) is 14.8. The highest BCUT2D eigenvalue weighted by Gasteiger charge is 2.18. The predicted octanol–water partition coefficient (Wildman–Crippen LogP) is 2.99. The van der Waals surface area contributed by atoms with Gasteiger partial charge < -0.3 is 19.7 Å². The van der Waals surface area contributed by atoms with E-state index in [1.54, 1.807) is 53.4 Å². The molecule has 0 radical (unpaired) electrons. The highest BCUT2D eigenvalue weighted by Crippen LogP contribution is 2.14. The minimum Gasteiger partial charge on any atom is -0.479 e. The summed E-state index contributed by atoms with van der Waals surface area (Å²) in [5, 5.41) is 11.4. The molecule has 0 saturated carbocycles. The topological polar surface area (TPSA) is 109 Å². The van der Waals surface area contributed by atoms with E-state index in [4.69, 9.17) is 14.7 Å². The summed E-state index contributed by atoms with van der Waals surface area (Å²) in [7, 11) is 0. The van der Waals surface area contributed by atoms with Crippen LogP contribution < -0.4 is 10.1 Å². The Morgan fingerprint density at radius 1 is 1.03 bits per heavy atom. The average Bonchev–Trinajstić information content (AvgIpc) is 2.79. The fourth-order valence-electron chi connectivity index (χ4n) is 2.70. The summed E-state index contributed by atoms with van der Waals surface area (Å²) in [5.74, 6) is -0.873. The third kappa shape index (κ3) is 6.85. The third-order valence-electron chi connectivity index (χ3n) is 4.44. The first-order chi connectivity index (χ1) is 14.9. The van der Waals surface area contributed by atoms with E-state index in [0.717, 1.165) is 0 Å². The van der Waals surface area contributed by atoms with Crippen LogP contribution in [-0.2, 0) is 14.3 Å². The second-order valence-corrected chi connectivity index (χ2v) is 6.61. The van der Waals surface area contributed by atoms with Gasteiger partial charge in [0.1, 0.15) is 5.75 Å². The van der Waals surface area contributed by atoms with Gasteiger partial charge in [-0.2, -0.15) is 5.26 Å². The lowest BCUT2D eigenvalue weighted by Crippen LogP contribution is -2.30. The van der Waals surface area contributed by atoms with Crippen molar-refractivity contribution in [3.05, 3.63) is 59.7 Å². The molecular weight excluding hydrogens is 398 g/mol. The average molecular weight is 423 g/mol. The Balaban J connectivity index is 1.82. The van der Waals surface area contributed by atoms with Gasteiger partial charge in [0.25, 0.3) is 11.8 Å². The van der Waals surface area contributed by atoms with Crippen LogP contribution in [0.2, 0.25) is 0 Å². The maximum absolute atomic E-state index is 12.3. The summed E-state index contributed by atoms with van der Waals surface area (Å²) < 4.78 is 10.4. The zero-order valence-corrected chi connectivity index (χ0v) is 17.8. The maximum atomic E-state index is 12.3. The van der Waals surface area contributed by atoms with Crippen LogP contribution in [-0.4, -0.2) is 48.5 Å². The van der Waals surface area contributed by atoms with Gasteiger partial charge in [0.15, 0.2) is 12.7 Å². The Bertz CT molecular complexity index is 945. The molecule has 8 heteroatoms. The zero-order valence-electron chi connectivity index (χ0n) is 17.8. The van der Waals surface area contributed by atoms with E-state index in [0.29, 0.717) is 35.7 Å². The SMILES string of the molecule is CCN(CC)C(=O)c1ccc(NC(=O)COC(=O)[C@H](C)Oc2ccc(C#N)cc2)cc1. The fourth-order valence-corrected chi connectivity index (χ4v) is 2.70. The molecule has 0 unspecified atom stereocenters. The van der Waals surface area contributed by atoms with Crippen LogP contribution in [0.1, 0.15) is 36.7 Å². The van der Waals surface area contributed by atoms with E-state index in [1.165, 1.54) is 6.92 Å². The van der Waals surface area contributed by atoms with Crippen molar-refractivity contribution in [2.24, 2.45) is 0 Å². The van der Waals surface area contributed by atoms with Crippen LogP contribution in [0.3, 0.4) is 0 Å². The molecule has 2 aromatic carbocycles. The number of nitrogens with zero attached hydrogens (tertiary/aromatic N) is 2. The van der Waals surface area contributed by atoms with Crippen LogP contribution in [0.4, 0.5) is 5.69 Å². The lowest BCUT2D eigenvalue weighted by Gasteiger charge is -2.18. The van der Waals surface area contributed by atoms with E-state index in [2.05, 4.69) is 5.32 Å². The van der Waals surface area contributed by atoms with Gasteiger partial charge in [-0.3, -0.25) is 9.59 Å². The molecule has 0 heterocycles. The molecule has 8 nitrogen and oxygen atoms in total. The standard InChI is InChI=1S/C23H25N3O5/c1-4-26(5-2)22(28)18-8-10-19(11-9-18)25-21(27)15-30-23(29)16(3)31-20-12-6-17(14-24)7-13-20/h6-13,16H,4-5,15H2,1-3H3,(H,25,27)/t16-/m0/s1. The quantitative estimate of drug-likeness (QED) is 0.621. The Labute approximate surface area is 181 Å². The monoisotopic (exact) mass is 423 g/mol. The first kappa shape index (κ1) is 23.4. The van der Waals surface area contributed by atoms with Crippen LogP contribution in [0.15, 0.2) is 48.5 Å². The minimum absolute atomic E-state index is 0.0759. The number of hydrogen-bond donors (Lipinski definition) is 1. The predicted molar refractivity (Wildman–Crippen MR) is 115 cm³/mol. The number of carbonyl (C=O) groups excluding carboxylic acids is 3. The van der Waals surface area contributed by atoms with Gasteiger partial charge in [-0.05, 0) is 69.3 Å². The Hall–Kier alpha value is -3.86. The van der Waals surface area contributed by atoms with Gasteiger partial charge >= 0.3 is 5.97 Å². The van der Waals surface area contributed by atoms with Crippen molar-refractivity contribution in [3.8, 4) is 11.8 Å². The van der Waals surface area contributed by atoms with Crippen molar-refractivity contribution < 1.29 is 23.9 Å². The van der Waals surface area contributed by atoms with Crippen molar-refractivity contribution in [2.75, 3.05) is 25.0 Å². The van der Waals surface area contributed by atoms with E-state index in [1.807, 2.05) is 19.9 Å². The Morgan fingerprint density at radius 3 is 2.19 bits per heavy atom. The van der Waals surface area contributed by atoms with Crippen molar-refractivity contribution in [2.45, 2.75) is 26.9 Å². The number of amides is 2. The van der Waals surface area contributed by atoms with Gasteiger partial charge in [-0.15, -0.1) is 0 Å². The number of hydrogen-bond acceptors (Lipinski definition) is 6. The molecule has 1 atom stereocenters. The number of nitrogens with one attached hydrogen (secondary N) is 1. The number of esters is 1. The molecule has 0 bridgehead atoms. The second-order valence-electron chi connectivity index (χ2n) is 6.61. The van der Waals surface area contributed by atoms with Gasteiger partial charge in [-0.1, -0.05) is 0 Å². The smallest absolute Gasteiger partial charge is 0.347 e. The molecule has 1 N–H and O–H groups in total. The minimum atomic E-state index is -0.925. The number of carbonyl (C=O) groups is 3. The molecule has 2 amide bonds. The van der Waals surface area contributed by atoms with E-state index in [9.17, 15) is 14.4 Å². The van der Waals surface area contributed by atoms with Crippen LogP contribution in [0.5, 0.6) is 5.75 Å². The van der Waals surface area contributed by atoms with Crippen LogP contribution in [0.25, 0.3) is 0 Å². The summed E-state index contributed by atoms with van der Waals surface area (Å²) in [6.07, 6.45) is -0.925. The van der Waals surface area contributed by atoms with Crippen molar-refractivity contribution >= 4 is 23.5 Å². The van der Waals surface area contributed by atoms with Gasteiger partial charge in [-0.25, -0.2) is 4.79 Å². The molecule has 2 rings (SSSR count). The number of ether oxygens (including phenoxy) is 2. The third-order valence-corrected chi connectivity index (χ3v) is 4.44. The molecule has 162 valence electrons. The molecular formula is C23H25N3O5. The van der Waals surface area contributed by atoms with E-state index >= 15 is 0 Å². The summed E-state index contributed by atoms with van der Waals surface area (Å²) in [5.41, 5.74) is 1.49. The lowest BCUT2D eigenvalue weighted by molar-refractivity contribution is -0.153. The first-order valence-corrected chi connectivity index (χ1v) is 9.90. The number of anilines is 1. The maximum Gasteiger partial charge on any atom is 0.347 e. The number of benzene rings is 2. The van der Waals surface area contributed by atoms with Gasteiger partial charge in [0.05, 0.1) is 11.6 Å². The molecule has 0 fully saturated rings. The summed E-state index contributed by atoms with van der Waals surface area (Å²) >= 11 is 0. The Morgan fingerprint density at radius 2 is 1.65 bits per heavy atom. The zero-order chi connectivity index (χ0) is 22.8. The first-order valence-electron chi connectivity index (χ1n) is 9.90. The number of rotatable bonds is 9. The largest absolute Gasteiger partial charge is 0.479 e. The number of nitriles is 1. The molecule has 0 aromatic heterocycles.